The standard InChI is InChI=1S/C33H55NO5/c1-21(2)23-11-16-33(19-20-38-34(36)37)18-17-31(7)24(28(23)33)9-10-26-30(6)14-13-27(39-22(3)35)29(4,5)25(30)12-15-32(26,31)8/h21,23-28H,9-20H2,1-8H3/t23-,24-,25-,26+,27+,28-,30-,31-,32+,33+/m1/s1. The molecule has 5 saturated carbocycles. The Morgan fingerprint density at radius 2 is 1.62 bits per heavy atom. The van der Waals surface area contributed by atoms with E-state index >= 15 is 0 Å². The van der Waals surface area contributed by atoms with E-state index < -0.39 is 5.09 Å². The molecule has 0 aromatic heterocycles. The highest BCUT2D eigenvalue weighted by Gasteiger charge is 2.71. The monoisotopic (exact) mass is 545 g/mol. The SMILES string of the molecule is CC(=O)O[C@H]1CC[C@]2(C)[C@H](CC[C@@]3(C)[C@H]2CC[C@@H]2[C@H]4[C@@H](C(C)C)CC[C@@]4(CCO[N+](=O)[O-])CC[C@]23C)C1(C)C. The van der Waals surface area contributed by atoms with Gasteiger partial charge in [-0.2, -0.15) is 0 Å². The first-order chi connectivity index (χ1) is 18.1. The van der Waals surface area contributed by atoms with Crippen molar-refractivity contribution in [3.8, 4) is 0 Å². The second-order valence-electron chi connectivity index (χ2n) is 16.3. The summed E-state index contributed by atoms with van der Waals surface area (Å²) in [7, 11) is 0. The predicted molar refractivity (Wildman–Crippen MR) is 152 cm³/mol. The molecule has 0 N–H and O–H groups in total. The zero-order valence-corrected chi connectivity index (χ0v) is 26.0. The van der Waals surface area contributed by atoms with E-state index in [1.807, 2.05) is 0 Å². The third-order valence-corrected chi connectivity index (χ3v) is 14.6. The van der Waals surface area contributed by atoms with E-state index in [2.05, 4.69) is 48.5 Å². The van der Waals surface area contributed by atoms with Crippen LogP contribution in [0.5, 0.6) is 0 Å². The van der Waals surface area contributed by atoms with Crippen LogP contribution in [0.3, 0.4) is 0 Å². The smallest absolute Gasteiger partial charge is 0.302 e. The molecule has 0 bridgehead atoms. The zero-order valence-electron chi connectivity index (χ0n) is 26.0. The largest absolute Gasteiger partial charge is 0.462 e. The van der Waals surface area contributed by atoms with E-state index in [-0.39, 0.29) is 40.3 Å². The normalized spacial score (nSPS) is 48.3. The molecule has 0 aliphatic heterocycles. The summed E-state index contributed by atoms with van der Waals surface area (Å²) < 4.78 is 5.92. The Kier molecular flexibility index (Phi) is 7.19. The zero-order chi connectivity index (χ0) is 28.6. The maximum Gasteiger partial charge on any atom is 0.302 e. The van der Waals surface area contributed by atoms with Crippen molar-refractivity contribution < 1.29 is 19.5 Å². The molecule has 5 aliphatic carbocycles. The third-order valence-electron chi connectivity index (χ3n) is 14.6. The van der Waals surface area contributed by atoms with Gasteiger partial charge in [0.2, 0.25) is 0 Å². The molecule has 0 amide bonds. The van der Waals surface area contributed by atoms with Gasteiger partial charge in [0.05, 0.1) is 6.61 Å². The second kappa shape index (κ2) is 9.61. The van der Waals surface area contributed by atoms with Crippen molar-refractivity contribution in [2.45, 2.75) is 132 Å². The maximum atomic E-state index is 11.9. The molecule has 10 atom stereocenters. The Hall–Kier alpha value is -1.33. The molecule has 5 rings (SSSR count). The van der Waals surface area contributed by atoms with Gasteiger partial charge in [0.1, 0.15) is 6.10 Å². The van der Waals surface area contributed by atoms with Crippen LogP contribution in [0.15, 0.2) is 0 Å². The van der Waals surface area contributed by atoms with Crippen LogP contribution in [0, 0.1) is 72.7 Å². The van der Waals surface area contributed by atoms with E-state index in [1.165, 1.54) is 51.4 Å². The van der Waals surface area contributed by atoms with Gasteiger partial charge in [-0.1, -0.05) is 48.5 Å². The molecule has 0 radical (unpaired) electrons. The van der Waals surface area contributed by atoms with Crippen LogP contribution in [-0.4, -0.2) is 23.8 Å². The number of carbonyl (C=O) groups is 1. The first-order valence-corrected chi connectivity index (χ1v) is 16.1. The van der Waals surface area contributed by atoms with Crippen molar-refractivity contribution in [3.63, 3.8) is 0 Å². The number of hydrogen-bond acceptors (Lipinski definition) is 5. The number of fused-ring (bicyclic) bond motifs is 7. The van der Waals surface area contributed by atoms with Gasteiger partial charge in [0.25, 0.3) is 5.09 Å². The number of carbonyl (C=O) groups excluding carboxylic acids is 1. The van der Waals surface area contributed by atoms with Crippen molar-refractivity contribution >= 4 is 5.97 Å². The first kappa shape index (κ1) is 29.2. The lowest BCUT2D eigenvalue weighted by atomic mass is 9.32. The van der Waals surface area contributed by atoms with Crippen LogP contribution in [0.25, 0.3) is 0 Å². The summed E-state index contributed by atoms with van der Waals surface area (Å²) in [5.74, 6) is 3.79. The molecule has 0 saturated heterocycles. The third kappa shape index (κ3) is 4.18. The van der Waals surface area contributed by atoms with Crippen molar-refractivity contribution in [1.82, 2.24) is 0 Å². The van der Waals surface area contributed by atoms with Gasteiger partial charge in [-0.3, -0.25) is 4.79 Å². The second-order valence-corrected chi connectivity index (χ2v) is 16.3. The quantitative estimate of drug-likeness (QED) is 0.191. The van der Waals surface area contributed by atoms with Gasteiger partial charge in [0, 0.05) is 12.3 Å². The highest BCUT2D eigenvalue weighted by Crippen LogP contribution is 2.78. The van der Waals surface area contributed by atoms with Crippen molar-refractivity contribution in [2.75, 3.05) is 6.61 Å². The van der Waals surface area contributed by atoms with Crippen molar-refractivity contribution in [1.29, 1.82) is 0 Å². The van der Waals surface area contributed by atoms with Crippen LogP contribution < -0.4 is 0 Å². The summed E-state index contributed by atoms with van der Waals surface area (Å²) in [6.45, 7) is 19.3. The van der Waals surface area contributed by atoms with Gasteiger partial charge < -0.3 is 9.57 Å². The van der Waals surface area contributed by atoms with Crippen molar-refractivity contribution in [2.24, 2.45) is 62.6 Å². The van der Waals surface area contributed by atoms with Crippen LogP contribution >= 0.6 is 0 Å². The lowest BCUT2D eigenvalue weighted by Crippen LogP contribution is -2.66. The van der Waals surface area contributed by atoms with Crippen LogP contribution in [-0.2, 0) is 14.4 Å². The maximum absolute atomic E-state index is 11.9. The van der Waals surface area contributed by atoms with Gasteiger partial charge in [0.15, 0.2) is 0 Å². The van der Waals surface area contributed by atoms with E-state index in [9.17, 15) is 14.9 Å². The lowest BCUT2D eigenvalue weighted by Gasteiger charge is -2.73. The molecule has 222 valence electrons. The minimum absolute atomic E-state index is 0.00925. The Balaban J connectivity index is 1.47. The molecule has 5 aliphatic rings. The number of esters is 1. The molecule has 0 aromatic rings. The van der Waals surface area contributed by atoms with Crippen molar-refractivity contribution in [3.05, 3.63) is 10.1 Å². The molecule has 6 nitrogen and oxygen atoms in total. The molecule has 0 aromatic carbocycles. The number of rotatable bonds is 6. The van der Waals surface area contributed by atoms with Gasteiger partial charge in [-0.05, 0) is 128 Å². The summed E-state index contributed by atoms with van der Waals surface area (Å²) in [4.78, 5) is 27.9. The Morgan fingerprint density at radius 3 is 2.26 bits per heavy atom. The average molecular weight is 546 g/mol. The van der Waals surface area contributed by atoms with E-state index in [0.29, 0.717) is 40.9 Å². The molecule has 5 fully saturated rings. The van der Waals surface area contributed by atoms with Gasteiger partial charge in [-0.25, -0.2) is 0 Å². The molecule has 6 heteroatoms. The summed E-state index contributed by atoms with van der Waals surface area (Å²) in [6, 6.07) is 0. The average Bonchev–Trinajstić information content (AvgIpc) is 3.21. The van der Waals surface area contributed by atoms with Gasteiger partial charge in [-0.15, -0.1) is 10.1 Å². The fourth-order valence-corrected chi connectivity index (χ4v) is 12.7. The minimum Gasteiger partial charge on any atom is -0.462 e. The summed E-state index contributed by atoms with van der Waals surface area (Å²) >= 11 is 0. The summed E-state index contributed by atoms with van der Waals surface area (Å²) in [5.41, 5.74) is 1.03. The molecule has 0 spiro atoms. The number of nitrogens with zero attached hydrogens (tertiary/aromatic N) is 1. The molecule has 0 heterocycles. The topological polar surface area (TPSA) is 78.7 Å². The fourth-order valence-electron chi connectivity index (χ4n) is 12.7. The fraction of sp³-hybridized carbons (Fsp3) is 0.970. The molecule has 0 unspecified atom stereocenters. The first-order valence-electron chi connectivity index (χ1n) is 16.1. The summed E-state index contributed by atoms with van der Waals surface area (Å²) in [5, 5.41) is 10.4. The molecule has 39 heavy (non-hydrogen) atoms. The van der Waals surface area contributed by atoms with Gasteiger partial charge >= 0.3 is 5.97 Å². The van der Waals surface area contributed by atoms with Crippen LogP contribution in [0.2, 0.25) is 0 Å². The highest BCUT2D eigenvalue weighted by atomic mass is 16.9. The Morgan fingerprint density at radius 1 is 0.897 bits per heavy atom. The minimum atomic E-state index is -0.601. The van der Waals surface area contributed by atoms with E-state index in [0.717, 1.165) is 19.3 Å². The van der Waals surface area contributed by atoms with E-state index in [4.69, 9.17) is 9.57 Å². The Bertz CT molecular complexity index is 979. The molecular formula is C33H55NO5. The number of ether oxygens (including phenoxy) is 1. The summed E-state index contributed by atoms with van der Waals surface area (Å²) in [6.07, 6.45) is 12.9. The lowest BCUT2D eigenvalue weighted by molar-refractivity contribution is -0.758. The predicted octanol–water partition coefficient (Wildman–Crippen LogP) is 8.25. The Labute approximate surface area is 236 Å². The van der Waals surface area contributed by atoms with E-state index in [1.54, 1.807) is 6.92 Å². The van der Waals surface area contributed by atoms with Crippen LogP contribution in [0.4, 0.5) is 0 Å². The number of hydrogen-bond donors (Lipinski definition) is 0. The van der Waals surface area contributed by atoms with Crippen LogP contribution in [0.1, 0.15) is 126 Å². The molecular weight excluding hydrogens is 490 g/mol. The highest BCUT2D eigenvalue weighted by molar-refractivity contribution is 5.66.